The summed E-state index contributed by atoms with van der Waals surface area (Å²) >= 11 is 6.17. The molecule has 7 heteroatoms. The highest BCUT2D eigenvalue weighted by atomic mass is 35.5. The summed E-state index contributed by atoms with van der Waals surface area (Å²) in [6, 6.07) is 11.0. The van der Waals surface area contributed by atoms with Gasteiger partial charge in [-0.05, 0) is 36.1 Å². The van der Waals surface area contributed by atoms with Gasteiger partial charge in [-0.2, -0.15) is 5.10 Å². The van der Waals surface area contributed by atoms with Gasteiger partial charge in [-0.3, -0.25) is 4.79 Å². The van der Waals surface area contributed by atoms with Crippen molar-refractivity contribution in [3.05, 3.63) is 52.5 Å². The molecule has 0 spiro atoms. The first-order valence-corrected chi connectivity index (χ1v) is 9.32. The fourth-order valence-electron chi connectivity index (χ4n) is 2.45. The minimum absolute atomic E-state index is 0.139. The zero-order valence-electron chi connectivity index (χ0n) is 16.5. The van der Waals surface area contributed by atoms with E-state index in [1.165, 1.54) is 26.0 Å². The lowest BCUT2D eigenvalue weighted by Gasteiger charge is -2.10. The first-order chi connectivity index (χ1) is 13.5. The van der Waals surface area contributed by atoms with Crippen molar-refractivity contribution in [1.29, 1.82) is 0 Å². The maximum atomic E-state index is 11.9. The van der Waals surface area contributed by atoms with Crippen LogP contribution in [0.5, 0.6) is 17.2 Å². The Kier molecular flexibility index (Phi) is 8.14. The number of hydrogen-bond acceptors (Lipinski definition) is 5. The topological polar surface area (TPSA) is 69.2 Å². The number of nitrogens with zero attached hydrogens (tertiary/aromatic N) is 1. The number of rotatable bonds is 9. The second-order valence-corrected chi connectivity index (χ2v) is 6.60. The maximum absolute atomic E-state index is 11.9. The van der Waals surface area contributed by atoms with Crippen LogP contribution in [0.4, 0.5) is 0 Å². The number of nitrogens with one attached hydrogen (secondary N) is 1. The highest BCUT2D eigenvalue weighted by Gasteiger charge is 2.09. The van der Waals surface area contributed by atoms with Gasteiger partial charge in [0.25, 0.3) is 5.91 Å². The standard InChI is InChI=1S/C21H25ClN2O4/c1-5-14(2)15-6-8-17(9-7-15)28-13-21(25)24-23-12-16-10-19(26-3)20(27-4)11-18(16)22/h6-12,14H,5,13H2,1-4H3,(H,24,25)/b23-12+. The number of methoxy groups -OCH3 is 2. The summed E-state index contributed by atoms with van der Waals surface area (Å²) in [4.78, 5) is 11.9. The molecule has 0 aromatic heterocycles. The van der Waals surface area contributed by atoms with Gasteiger partial charge in [-0.15, -0.1) is 0 Å². The van der Waals surface area contributed by atoms with Crippen LogP contribution in [0.25, 0.3) is 0 Å². The molecule has 150 valence electrons. The molecule has 0 radical (unpaired) electrons. The van der Waals surface area contributed by atoms with E-state index in [1.54, 1.807) is 12.1 Å². The Morgan fingerprint density at radius 3 is 2.43 bits per heavy atom. The summed E-state index contributed by atoms with van der Waals surface area (Å²) in [5.74, 6) is 1.79. The molecule has 1 N–H and O–H groups in total. The van der Waals surface area contributed by atoms with Crippen LogP contribution in [0.3, 0.4) is 0 Å². The molecule has 0 aliphatic carbocycles. The van der Waals surface area contributed by atoms with E-state index in [2.05, 4.69) is 24.4 Å². The number of carbonyl (C=O) groups excluding carboxylic acids is 1. The zero-order chi connectivity index (χ0) is 20.5. The minimum Gasteiger partial charge on any atom is -0.493 e. The van der Waals surface area contributed by atoms with Gasteiger partial charge in [0, 0.05) is 11.6 Å². The third-order valence-corrected chi connectivity index (χ3v) is 4.65. The maximum Gasteiger partial charge on any atom is 0.277 e. The van der Waals surface area contributed by atoms with Gasteiger partial charge >= 0.3 is 0 Å². The zero-order valence-corrected chi connectivity index (χ0v) is 17.2. The van der Waals surface area contributed by atoms with E-state index in [9.17, 15) is 4.79 Å². The average Bonchev–Trinajstić information content (AvgIpc) is 2.72. The Bertz CT molecular complexity index is 822. The van der Waals surface area contributed by atoms with Gasteiger partial charge in [0.05, 0.1) is 25.5 Å². The molecular weight excluding hydrogens is 380 g/mol. The summed E-state index contributed by atoms with van der Waals surface area (Å²) in [6.45, 7) is 4.18. The van der Waals surface area contributed by atoms with Gasteiger partial charge in [0.2, 0.25) is 0 Å². The molecule has 0 saturated heterocycles. The summed E-state index contributed by atoms with van der Waals surface area (Å²) in [7, 11) is 3.06. The Balaban J connectivity index is 1.88. The molecule has 28 heavy (non-hydrogen) atoms. The number of benzene rings is 2. The van der Waals surface area contributed by atoms with Crippen molar-refractivity contribution in [1.82, 2.24) is 5.43 Å². The fourth-order valence-corrected chi connectivity index (χ4v) is 2.65. The van der Waals surface area contributed by atoms with Crippen molar-refractivity contribution in [2.45, 2.75) is 26.2 Å². The van der Waals surface area contributed by atoms with Crippen molar-refractivity contribution in [2.24, 2.45) is 5.10 Å². The number of amides is 1. The molecule has 0 saturated carbocycles. The predicted octanol–water partition coefficient (Wildman–Crippen LogP) is 4.40. The second-order valence-electron chi connectivity index (χ2n) is 6.19. The minimum atomic E-state index is -0.376. The van der Waals surface area contributed by atoms with Gasteiger partial charge in [-0.25, -0.2) is 5.43 Å². The predicted molar refractivity (Wildman–Crippen MR) is 111 cm³/mol. The summed E-state index contributed by atoms with van der Waals surface area (Å²) < 4.78 is 15.9. The van der Waals surface area contributed by atoms with Gasteiger partial charge in [0.1, 0.15) is 5.75 Å². The summed E-state index contributed by atoms with van der Waals surface area (Å²) in [6.07, 6.45) is 2.51. The number of hydrogen-bond donors (Lipinski definition) is 1. The number of ether oxygens (including phenoxy) is 3. The van der Waals surface area contributed by atoms with Crippen LogP contribution in [-0.2, 0) is 4.79 Å². The van der Waals surface area contributed by atoms with Crippen LogP contribution >= 0.6 is 11.6 Å². The molecule has 0 fully saturated rings. The highest BCUT2D eigenvalue weighted by Crippen LogP contribution is 2.32. The van der Waals surface area contributed by atoms with Crippen LogP contribution in [0.1, 0.15) is 37.3 Å². The van der Waals surface area contributed by atoms with Crippen molar-refractivity contribution in [3.63, 3.8) is 0 Å². The molecule has 1 atom stereocenters. The number of halogens is 1. The molecule has 0 bridgehead atoms. The smallest absolute Gasteiger partial charge is 0.277 e. The lowest BCUT2D eigenvalue weighted by molar-refractivity contribution is -0.123. The van der Waals surface area contributed by atoms with Crippen LogP contribution in [0, 0.1) is 0 Å². The molecule has 2 aromatic carbocycles. The van der Waals surface area contributed by atoms with Crippen LogP contribution in [0.15, 0.2) is 41.5 Å². The first kappa shape index (κ1) is 21.6. The van der Waals surface area contributed by atoms with Crippen LogP contribution < -0.4 is 19.6 Å². The van der Waals surface area contributed by atoms with E-state index < -0.39 is 0 Å². The first-order valence-electron chi connectivity index (χ1n) is 8.94. The number of carbonyl (C=O) groups is 1. The Labute approximate surface area is 170 Å². The highest BCUT2D eigenvalue weighted by molar-refractivity contribution is 6.33. The van der Waals surface area contributed by atoms with E-state index in [-0.39, 0.29) is 12.5 Å². The Morgan fingerprint density at radius 1 is 1.18 bits per heavy atom. The van der Waals surface area contributed by atoms with E-state index >= 15 is 0 Å². The summed E-state index contributed by atoms with van der Waals surface area (Å²) in [5.41, 5.74) is 4.24. The normalized spacial score (nSPS) is 11.9. The Hall–Kier alpha value is -2.73. The number of hydrazone groups is 1. The molecule has 2 aromatic rings. The van der Waals surface area contributed by atoms with Crippen molar-refractivity contribution in [3.8, 4) is 17.2 Å². The van der Waals surface area contributed by atoms with E-state index in [0.717, 1.165) is 6.42 Å². The van der Waals surface area contributed by atoms with Gasteiger partial charge < -0.3 is 14.2 Å². The average molecular weight is 405 g/mol. The second kappa shape index (κ2) is 10.6. The van der Waals surface area contributed by atoms with E-state index in [0.29, 0.717) is 33.8 Å². The third-order valence-electron chi connectivity index (χ3n) is 4.33. The summed E-state index contributed by atoms with van der Waals surface area (Å²) in [5, 5.41) is 4.33. The SMILES string of the molecule is CCC(C)c1ccc(OCC(=O)N/N=C/c2cc(OC)c(OC)cc2Cl)cc1. The molecule has 0 aliphatic rings. The largest absolute Gasteiger partial charge is 0.493 e. The third kappa shape index (κ3) is 5.89. The van der Waals surface area contributed by atoms with E-state index in [1.807, 2.05) is 24.3 Å². The quantitative estimate of drug-likeness (QED) is 0.496. The molecule has 0 heterocycles. The molecule has 1 unspecified atom stereocenters. The molecular formula is C21H25ClN2O4. The molecule has 1 amide bonds. The molecule has 2 rings (SSSR count). The molecule has 0 aliphatic heterocycles. The molecule has 6 nitrogen and oxygen atoms in total. The van der Waals surface area contributed by atoms with Gasteiger partial charge in [-0.1, -0.05) is 37.6 Å². The van der Waals surface area contributed by atoms with E-state index in [4.69, 9.17) is 25.8 Å². The van der Waals surface area contributed by atoms with Crippen LogP contribution in [-0.4, -0.2) is 32.9 Å². The van der Waals surface area contributed by atoms with Crippen molar-refractivity contribution in [2.75, 3.05) is 20.8 Å². The van der Waals surface area contributed by atoms with Crippen molar-refractivity contribution < 1.29 is 19.0 Å². The lowest BCUT2D eigenvalue weighted by Crippen LogP contribution is -2.24. The monoisotopic (exact) mass is 404 g/mol. The van der Waals surface area contributed by atoms with Crippen LogP contribution in [0.2, 0.25) is 5.02 Å². The van der Waals surface area contributed by atoms with Gasteiger partial charge in [0.15, 0.2) is 18.1 Å². The fraction of sp³-hybridized carbons (Fsp3) is 0.333. The lowest BCUT2D eigenvalue weighted by atomic mass is 9.99. The Morgan fingerprint density at radius 2 is 1.82 bits per heavy atom. The van der Waals surface area contributed by atoms with Crippen molar-refractivity contribution >= 4 is 23.7 Å².